The van der Waals surface area contributed by atoms with Crippen molar-refractivity contribution in [3.8, 4) is 0 Å². The highest BCUT2D eigenvalue weighted by atomic mass is 16.6. The molecular formula is C13H22O2. The van der Waals surface area contributed by atoms with E-state index in [4.69, 9.17) is 4.74 Å². The largest absolute Gasteiger partial charge is 0.455 e. The van der Waals surface area contributed by atoms with Crippen molar-refractivity contribution in [2.24, 2.45) is 5.92 Å². The summed E-state index contributed by atoms with van der Waals surface area (Å²) in [6, 6.07) is 0. The van der Waals surface area contributed by atoms with Gasteiger partial charge >= 0.3 is 5.97 Å². The molecule has 0 aromatic heterocycles. The third kappa shape index (κ3) is 2.61. The molecule has 1 saturated carbocycles. The molecule has 1 fully saturated rings. The van der Waals surface area contributed by atoms with E-state index >= 15 is 0 Å². The van der Waals surface area contributed by atoms with Crippen molar-refractivity contribution in [1.82, 2.24) is 0 Å². The first-order valence-corrected chi connectivity index (χ1v) is 5.93. The van der Waals surface area contributed by atoms with E-state index in [1.165, 1.54) is 12.8 Å². The number of rotatable bonds is 4. The summed E-state index contributed by atoms with van der Waals surface area (Å²) in [6.07, 6.45) is 5.03. The fraction of sp³-hybridized carbons (Fsp3) is 0.769. The van der Waals surface area contributed by atoms with Gasteiger partial charge in [-0.1, -0.05) is 27.4 Å². The molecule has 86 valence electrons. The van der Waals surface area contributed by atoms with E-state index in [9.17, 15) is 4.79 Å². The Balaban J connectivity index is 2.67. The first-order chi connectivity index (χ1) is 7.02. The highest BCUT2D eigenvalue weighted by molar-refractivity contribution is 5.87. The van der Waals surface area contributed by atoms with Gasteiger partial charge in [-0.3, -0.25) is 0 Å². The van der Waals surface area contributed by atoms with Crippen LogP contribution in [0.5, 0.6) is 0 Å². The van der Waals surface area contributed by atoms with Crippen molar-refractivity contribution >= 4 is 5.97 Å². The molecule has 0 N–H and O–H groups in total. The normalized spacial score (nSPS) is 19.2. The summed E-state index contributed by atoms with van der Waals surface area (Å²) >= 11 is 0. The summed E-state index contributed by atoms with van der Waals surface area (Å²) < 4.78 is 5.67. The van der Waals surface area contributed by atoms with Crippen LogP contribution in [0.3, 0.4) is 0 Å². The van der Waals surface area contributed by atoms with Crippen LogP contribution in [0.25, 0.3) is 0 Å². The highest BCUT2D eigenvalue weighted by Crippen LogP contribution is 2.39. The Hall–Kier alpha value is -0.790. The summed E-state index contributed by atoms with van der Waals surface area (Å²) in [4.78, 5) is 11.7. The van der Waals surface area contributed by atoms with Crippen molar-refractivity contribution in [2.45, 2.75) is 58.5 Å². The Morgan fingerprint density at radius 3 is 2.33 bits per heavy atom. The van der Waals surface area contributed by atoms with Crippen molar-refractivity contribution in [3.63, 3.8) is 0 Å². The minimum absolute atomic E-state index is 0.201. The van der Waals surface area contributed by atoms with Gasteiger partial charge < -0.3 is 4.74 Å². The molecule has 0 spiro atoms. The molecule has 2 nitrogen and oxygen atoms in total. The van der Waals surface area contributed by atoms with E-state index in [1.807, 2.05) is 6.92 Å². The van der Waals surface area contributed by atoms with Gasteiger partial charge in [-0.25, -0.2) is 4.79 Å². The van der Waals surface area contributed by atoms with Gasteiger partial charge in [-0.15, -0.1) is 0 Å². The molecule has 1 aliphatic rings. The summed E-state index contributed by atoms with van der Waals surface area (Å²) in [5, 5.41) is 0. The molecule has 0 amide bonds. The van der Waals surface area contributed by atoms with Crippen LogP contribution in [-0.2, 0) is 9.53 Å². The van der Waals surface area contributed by atoms with E-state index in [0.717, 1.165) is 12.8 Å². The number of hydrogen-bond acceptors (Lipinski definition) is 2. The molecule has 0 radical (unpaired) electrons. The lowest BCUT2D eigenvalue weighted by Crippen LogP contribution is -2.37. The maximum Gasteiger partial charge on any atom is 0.333 e. The maximum absolute atomic E-state index is 11.7. The first kappa shape index (κ1) is 12.3. The summed E-state index contributed by atoms with van der Waals surface area (Å²) in [5.74, 6) is 0.196. The van der Waals surface area contributed by atoms with Crippen LogP contribution in [0.1, 0.15) is 52.9 Å². The van der Waals surface area contributed by atoms with E-state index in [0.29, 0.717) is 17.9 Å². The summed E-state index contributed by atoms with van der Waals surface area (Å²) in [7, 11) is 0. The Labute approximate surface area is 92.7 Å². The molecule has 1 rings (SSSR count). The number of carbonyl (C=O) groups is 1. The summed E-state index contributed by atoms with van der Waals surface area (Å²) in [6.45, 7) is 9.93. The average molecular weight is 210 g/mol. The van der Waals surface area contributed by atoms with Crippen LogP contribution < -0.4 is 0 Å². The van der Waals surface area contributed by atoms with Crippen LogP contribution in [-0.4, -0.2) is 11.6 Å². The van der Waals surface area contributed by atoms with Gasteiger partial charge in [0.05, 0.1) is 0 Å². The van der Waals surface area contributed by atoms with Gasteiger partial charge in [0.25, 0.3) is 0 Å². The highest BCUT2D eigenvalue weighted by Gasteiger charge is 2.40. The standard InChI is InChI=1S/C13H22O2/c1-5-11(4)12(14)15-13(10(2)3)8-6-7-9-13/h10H,4-9H2,1-3H3. The first-order valence-electron chi connectivity index (χ1n) is 5.93. The Morgan fingerprint density at radius 2 is 1.93 bits per heavy atom. The lowest BCUT2D eigenvalue weighted by molar-refractivity contribution is -0.159. The lowest BCUT2D eigenvalue weighted by atomic mass is 9.88. The third-order valence-electron chi connectivity index (χ3n) is 3.51. The minimum atomic E-state index is -0.213. The van der Waals surface area contributed by atoms with Crippen LogP contribution >= 0.6 is 0 Å². The average Bonchev–Trinajstić information content (AvgIpc) is 2.66. The zero-order valence-corrected chi connectivity index (χ0v) is 10.1. The van der Waals surface area contributed by atoms with E-state index in [2.05, 4.69) is 20.4 Å². The second-order valence-electron chi connectivity index (χ2n) is 4.77. The number of ether oxygens (including phenoxy) is 1. The van der Waals surface area contributed by atoms with Crippen molar-refractivity contribution in [2.75, 3.05) is 0 Å². The predicted octanol–water partition coefficient (Wildman–Crippen LogP) is 3.46. The Bertz CT molecular complexity index is 247. The lowest BCUT2D eigenvalue weighted by Gasteiger charge is -2.33. The summed E-state index contributed by atoms with van der Waals surface area (Å²) in [5.41, 5.74) is 0.372. The second-order valence-corrected chi connectivity index (χ2v) is 4.77. The zero-order valence-electron chi connectivity index (χ0n) is 10.1. The fourth-order valence-electron chi connectivity index (χ4n) is 2.17. The quantitative estimate of drug-likeness (QED) is 0.524. The molecule has 0 atom stereocenters. The van der Waals surface area contributed by atoms with Crippen molar-refractivity contribution in [3.05, 3.63) is 12.2 Å². The molecule has 0 heterocycles. The predicted molar refractivity (Wildman–Crippen MR) is 61.6 cm³/mol. The van der Waals surface area contributed by atoms with Gasteiger partial charge in [0.1, 0.15) is 5.60 Å². The molecular weight excluding hydrogens is 188 g/mol. The zero-order chi connectivity index (χ0) is 11.5. The maximum atomic E-state index is 11.7. The molecule has 0 aromatic rings. The molecule has 1 aliphatic carbocycles. The molecule has 15 heavy (non-hydrogen) atoms. The van der Waals surface area contributed by atoms with Crippen molar-refractivity contribution in [1.29, 1.82) is 0 Å². The fourth-order valence-corrected chi connectivity index (χ4v) is 2.17. The second kappa shape index (κ2) is 4.82. The van der Waals surface area contributed by atoms with Crippen LogP contribution in [0.15, 0.2) is 12.2 Å². The van der Waals surface area contributed by atoms with Gasteiger partial charge in [0.2, 0.25) is 0 Å². The van der Waals surface area contributed by atoms with Gasteiger partial charge in [-0.05, 0) is 38.0 Å². The topological polar surface area (TPSA) is 26.3 Å². The van der Waals surface area contributed by atoms with E-state index in [-0.39, 0.29) is 11.6 Å². The molecule has 0 bridgehead atoms. The van der Waals surface area contributed by atoms with E-state index < -0.39 is 0 Å². The number of hydrogen-bond donors (Lipinski definition) is 0. The number of carbonyl (C=O) groups excluding carboxylic acids is 1. The van der Waals surface area contributed by atoms with E-state index in [1.54, 1.807) is 0 Å². The SMILES string of the molecule is C=C(CC)C(=O)OC1(C(C)C)CCCC1. The van der Waals surface area contributed by atoms with Crippen LogP contribution in [0.2, 0.25) is 0 Å². The number of esters is 1. The molecule has 2 heteroatoms. The molecule has 0 saturated heterocycles. The van der Waals surface area contributed by atoms with Gasteiger partial charge in [0, 0.05) is 5.57 Å². The third-order valence-corrected chi connectivity index (χ3v) is 3.51. The monoisotopic (exact) mass is 210 g/mol. The smallest absolute Gasteiger partial charge is 0.333 e. The molecule has 0 unspecified atom stereocenters. The Morgan fingerprint density at radius 1 is 1.40 bits per heavy atom. The Kier molecular flexibility index (Phi) is 3.95. The van der Waals surface area contributed by atoms with Crippen molar-refractivity contribution < 1.29 is 9.53 Å². The van der Waals surface area contributed by atoms with Crippen LogP contribution in [0, 0.1) is 5.92 Å². The molecule has 0 aromatic carbocycles. The van der Waals surface area contributed by atoms with Gasteiger partial charge in [-0.2, -0.15) is 0 Å². The minimum Gasteiger partial charge on any atom is -0.455 e. The molecule has 0 aliphatic heterocycles. The van der Waals surface area contributed by atoms with Crippen LogP contribution in [0.4, 0.5) is 0 Å². The van der Waals surface area contributed by atoms with Gasteiger partial charge in [0.15, 0.2) is 0 Å².